The highest BCUT2D eigenvalue weighted by molar-refractivity contribution is 6.10. The zero-order valence-electron chi connectivity index (χ0n) is 15.4. The van der Waals surface area contributed by atoms with E-state index in [0.29, 0.717) is 29.2 Å². The number of benzene rings is 2. The summed E-state index contributed by atoms with van der Waals surface area (Å²) in [5, 5.41) is 0. The summed E-state index contributed by atoms with van der Waals surface area (Å²) in [5.41, 5.74) is 1.11. The van der Waals surface area contributed by atoms with Crippen LogP contribution in [0.3, 0.4) is 0 Å². The van der Waals surface area contributed by atoms with Crippen molar-refractivity contribution in [3.63, 3.8) is 0 Å². The predicted molar refractivity (Wildman–Crippen MR) is 101 cm³/mol. The number of nitrogens with zero attached hydrogens (tertiary/aromatic N) is 1. The van der Waals surface area contributed by atoms with Crippen molar-refractivity contribution in [3.8, 4) is 17.2 Å². The first-order valence-electron chi connectivity index (χ1n) is 8.93. The fourth-order valence-electron chi connectivity index (χ4n) is 3.14. The van der Waals surface area contributed by atoms with Crippen molar-refractivity contribution >= 4 is 5.78 Å². The van der Waals surface area contributed by atoms with E-state index in [9.17, 15) is 4.79 Å². The highest BCUT2D eigenvalue weighted by Crippen LogP contribution is 2.27. The van der Waals surface area contributed by atoms with E-state index in [-0.39, 0.29) is 5.78 Å². The Kier molecular flexibility index (Phi) is 6.12. The van der Waals surface area contributed by atoms with E-state index in [2.05, 4.69) is 4.90 Å². The molecule has 0 radical (unpaired) electrons. The normalized spacial score (nSPS) is 14.2. The molecule has 5 nitrogen and oxygen atoms in total. The van der Waals surface area contributed by atoms with Gasteiger partial charge in [0.15, 0.2) is 5.78 Å². The predicted octanol–water partition coefficient (Wildman–Crippen LogP) is 3.41. The summed E-state index contributed by atoms with van der Waals surface area (Å²) in [6.07, 6.45) is 2.57. The molecular formula is C21H25NO4. The summed E-state index contributed by atoms with van der Waals surface area (Å²) in [7, 11) is 3.13. The number of ether oxygens (including phenoxy) is 3. The lowest BCUT2D eigenvalue weighted by molar-refractivity contribution is 0.103. The van der Waals surface area contributed by atoms with Crippen LogP contribution in [0.5, 0.6) is 17.2 Å². The largest absolute Gasteiger partial charge is 0.497 e. The van der Waals surface area contributed by atoms with E-state index in [0.717, 1.165) is 12.3 Å². The Balaban J connectivity index is 1.63. The van der Waals surface area contributed by atoms with Crippen LogP contribution in [0.25, 0.3) is 0 Å². The van der Waals surface area contributed by atoms with Crippen LogP contribution in [0.1, 0.15) is 28.8 Å². The van der Waals surface area contributed by atoms with Gasteiger partial charge in [0.2, 0.25) is 0 Å². The minimum absolute atomic E-state index is 0.0897. The summed E-state index contributed by atoms with van der Waals surface area (Å²) in [6, 6.07) is 12.4. The topological polar surface area (TPSA) is 48.0 Å². The van der Waals surface area contributed by atoms with Crippen molar-refractivity contribution in [1.82, 2.24) is 4.90 Å². The van der Waals surface area contributed by atoms with Gasteiger partial charge >= 0.3 is 0 Å². The number of hydrogen-bond donors (Lipinski definition) is 0. The summed E-state index contributed by atoms with van der Waals surface area (Å²) in [4.78, 5) is 15.2. The molecule has 1 saturated heterocycles. The maximum absolute atomic E-state index is 12.8. The molecule has 0 aliphatic carbocycles. The van der Waals surface area contributed by atoms with Gasteiger partial charge in [-0.25, -0.2) is 0 Å². The van der Waals surface area contributed by atoms with Crippen molar-refractivity contribution in [2.24, 2.45) is 0 Å². The molecule has 5 heteroatoms. The van der Waals surface area contributed by atoms with Crippen LogP contribution in [-0.2, 0) is 0 Å². The standard InChI is InChI=1S/C21H25NO4/c1-24-18-9-10-19(20(15-18)25-2)21(23)16-5-7-17(8-6-16)26-14-13-22-11-3-4-12-22/h5-10,15H,3-4,11-14H2,1-2H3. The lowest BCUT2D eigenvalue weighted by atomic mass is 10.0. The lowest BCUT2D eigenvalue weighted by Gasteiger charge is -2.15. The Hall–Kier alpha value is -2.53. The van der Waals surface area contributed by atoms with Crippen LogP contribution in [0.15, 0.2) is 42.5 Å². The van der Waals surface area contributed by atoms with Gasteiger partial charge in [-0.2, -0.15) is 0 Å². The van der Waals surface area contributed by atoms with Crippen LogP contribution >= 0.6 is 0 Å². The summed E-state index contributed by atoms with van der Waals surface area (Å²) < 4.78 is 16.3. The number of methoxy groups -OCH3 is 2. The number of ketones is 1. The van der Waals surface area contributed by atoms with Gasteiger partial charge in [-0.1, -0.05) is 0 Å². The van der Waals surface area contributed by atoms with Crippen LogP contribution in [0.2, 0.25) is 0 Å². The molecule has 0 atom stereocenters. The van der Waals surface area contributed by atoms with E-state index >= 15 is 0 Å². The molecule has 2 aromatic rings. The van der Waals surface area contributed by atoms with Crippen molar-refractivity contribution in [2.45, 2.75) is 12.8 Å². The van der Waals surface area contributed by atoms with Crippen molar-refractivity contribution in [3.05, 3.63) is 53.6 Å². The number of rotatable bonds is 8. The van der Waals surface area contributed by atoms with E-state index in [1.54, 1.807) is 44.6 Å². The molecular weight excluding hydrogens is 330 g/mol. The Bertz CT molecular complexity index is 736. The third-order valence-corrected chi connectivity index (χ3v) is 4.64. The molecule has 0 aromatic heterocycles. The van der Waals surface area contributed by atoms with E-state index in [1.165, 1.54) is 25.9 Å². The van der Waals surface area contributed by atoms with Crippen LogP contribution < -0.4 is 14.2 Å². The van der Waals surface area contributed by atoms with Gasteiger partial charge in [0.05, 0.1) is 19.8 Å². The molecule has 0 N–H and O–H groups in total. The second-order valence-corrected chi connectivity index (χ2v) is 6.32. The maximum Gasteiger partial charge on any atom is 0.196 e. The number of hydrogen-bond acceptors (Lipinski definition) is 5. The Morgan fingerprint density at radius 3 is 2.31 bits per heavy atom. The highest BCUT2D eigenvalue weighted by atomic mass is 16.5. The van der Waals surface area contributed by atoms with Gasteiger partial charge in [0.25, 0.3) is 0 Å². The average molecular weight is 355 g/mol. The fraction of sp³-hybridized carbons (Fsp3) is 0.381. The monoisotopic (exact) mass is 355 g/mol. The first kappa shape index (κ1) is 18.3. The minimum Gasteiger partial charge on any atom is -0.497 e. The fourth-order valence-corrected chi connectivity index (χ4v) is 3.14. The van der Waals surface area contributed by atoms with E-state index < -0.39 is 0 Å². The molecule has 0 spiro atoms. The molecule has 1 aliphatic heterocycles. The zero-order valence-corrected chi connectivity index (χ0v) is 15.4. The molecule has 26 heavy (non-hydrogen) atoms. The Morgan fingerprint density at radius 2 is 1.65 bits per heavy atom. The third kappa shape index (κ3) is 4.35. The van der Waals surface area contributed by atoms with Gasteiger partial charge in [-0.05, 0) is 62.3 Å². The molecule has 1 heterocycles. The van der Waals surface area contributed by atoms with Crippen LogP contribution in [-0.4, -0.2) is 51.1 Å². The van der Waals surface area contributed by atoms with Gasteiger partial charge in [0.1, 0.15) is 23.9 Å². The van der Waals surface area contributed by atoms with Crippen molar-refractivity contribution in [2.75, 3.05) is 40.5 Å². The highest BCUT2D eigenvalue weighted by Gasteiger charge is 2.16. The molecule has 0 bridgehead atoms. The molecule has 0 saturated carbocycles. The molecule has 138 valence electrons. The molecule has 0 unspecified atom stereocenters. The van der Waals surface area contributed by atoms with Crippen LogP contribution in [0.4, 0.5) is 0 Å². The van der Waals surface area contributed by atoms with Gasteiger partial charge in [-0.3, -0.25) is 9.69 Å². The third-order valence-electron chi connectivity index (χ3n) is 4.64. The SMILES string of the molecule is COc1ccc(C(=O)c2ccc(OCCN3CCCC3)cc2)c(OC)c1. The summed E-state index contributed by atoms with van der Waals surface area (Å²) >= 11 is 0. The van der Waals surface area contributed by atoms with E-state index in [4.69, 9.17) is 14.2 Å². The Morgan fingerprint density at radius 1 is 0.962 bits per heavy atom. The van der Waals surface area contributed by atoms with Crippen molar-refractivity contribution in [1.29, 1.82) is 0 Å². The summed E-state index contributed by atoms with van der Waals surface area (Å²) in [5.74, 6) is 1.84. The van der Waals surface area contributed by atoms with Crippen LogP contribution in [0, 0.1) is 0 Å². The van der Waals surface area contributed by atoms with Gasteiger partial charge in [0, 0.05) is 18.2 Å². The molecule has 3 rings (SSSR count). The quantitative estimate of drug-likeness (QED) is 0.679. The maximum atomic E-state index is 12.8. The number of carbonyl (C=O) groups is 1. The first-order valence-corrected chi connectivity index (χ1v) is 8.93. The molecule has 1 fully saturated rings. The minimum atomic E-state index is -0.0897. The first-order chi connectivity index (χ1) is 12.7. The Labute approximate surface area is 154 Å². The van der Waals surface area contributed by atoms with Crippen molar-refractivity contribution < 1.29 is 19.0 Å². The number of likely N-dealkylation sites (tertiary alicyclic amines) is 1. The second kappa shape index (κ2) is 8.72. The molecule has 1 aliphatic rings. The number of carbonyl (C=O) groups excluding carboxylic acids is 1. The molecule has 2 aromatic carbocycles. The average Bonchev–Trinajstić information content (AvgIpc) is 3.21. The molecule has 0 amide bonds. The zero-order chi connectivity index (χ0) is 18.4. The summed E-state index contributed by atoms with van der Waals surface area (Å²) in [6.45, 7) is 3.95. The lowest BCUT2D eigenvalue weighted by Crippen LogP contribution is -2.25. The van der Waals surface area contributed by atoms with E-state index in [1.807, 2.05) is 12.1 Å². The second-order valence-electron chi connectivity index (χ2n) is 6.32. The van der Waals surface area contributed by atoms with Gasteiger partial charge < -0.3 is 14.2 Å². The smallest absolute Gasteiger partial charge is 0.196 e. The van der Waals surface area contributed by atoms with Gasteiger partial charge in [-0.15, -0.1) is 0 Å².